The maximum atomic E-state index is 13.3. The number of carbonyl (C=O) groups is 1. The van der Waals surface area contributed by atoms with Crippen molar-refractivity contribution in [1.29, 1.82) is 0 Å². The molecule has 1 unspecified atom stereocenters. The zero-order chi connectivity index (χ0) is 21.5. The Morgan fingerprint density at radius 1 is 1.23 bits per heavy atom. The number of hydrogen-bond donors (Lipinski definition) is 0. The van der Waals surface area contributed by atoms with Crippen molar-refractivity contribution in [2.45, 2.75) is 32.2 Å². The van der Waals surface area contributed by atoms with Gasteiger partial charge in [0.15, 0.2) is 0 Å². The Bertz CT molecular complexity index is 844. The van der Waals surface area contributed by atoms with Crippen LogP contribution in [0.5, 0.6) is 0 Å². The van der Waals surface area contributed by atoms with Gasteiger partial charge in [0.05, 0.1) is 6.54 Å². The molecule has 1 aliphatic heterocycles. The van der Waals surface area contributed by atoms with Crippen LogP contribution < -0.4 is 0 Å². The van der Waals surface area contributed by atoms with E-state index < -0.39 is 0 Å². The number of benzene rings is 2. The van der Waals surface area contributed by atoms with E-state index in [1.54, 1.807) is 31.0 Å². The summed E-state index contributed by atoms with van der Waals surface area (Å²) >= 11 is 1.74. The van der Waals surface area contributed by atoms with Crippen LogP contribution >= 0.6 is 11.8 Å². The molecule has 1 atom stereocenters. The van der Waals surface area contributed by atoms with Gasteiger partial charge in [-0.05, 0) is 49.1 Å². The Hall–Kier alpha value is -1.89. The van der Waals surface area contributed by atoms with Crippen molar-refractivity contribution in [3.63, 3.8) is 0 Å². The Balaban J connectivity index is 1.71. The van der Waals surface area contributed by atoms with Crippen LogP contribution in [0.3, 0.4) is 0 Å². The van der Waals surface area contributed by atoms with Crippen LogP contribution in [0, 0.1) is 19.7 Å². The summed E-state index contributed by atoms with van der Waals surface area (Å²) in [5.41, 5.74) is 4.70. The highest BCUT2D eigenvalue weighted by molar-refractivity contribution is 7.99. The van der Waals surface area contributed by atoms with Crippen molar-refractivity contribution in [3.8, 4) is 0 Å². The number of nitrogens with zero attached hydrogens (tertiary/aromatic N) is 2. The van der Waals surface area contributed by atoms with E-state index >= 15 is 0 Å². The molecule has 0 aliphatic carbocycles. The molecule has 1 heterocycles. The Morgan fingerprint density at radius 2 is 2.00 bits per heavy atom. The van der Waals surface area contributed by atoms with Gasteiger partial charge in [-0.1, -0.05) is 35.9 Å². The summed E-state index contributed by atoms with van der Waals surface area (Å²) in [7, 11) is 1.70. The number of amides is 1. The first-order chi connectivity index (χ1) is 14.5. The van der Waals surface area contributed by atoms with E-state index in [1.807, 2.05) is 4.90 Å². The average Bonchev–Trinajstić information content (AvgIpc) is 3.21. The first-order valence-corrected chi connectivity index (χ1v) is 11.5. The monoisotopic (exact) mass is 430 g/mol. The molecule has 4 nitrogen and oxygen atoms in total. The largest absolute Gasteiger partial charge is 0.385 e. The fourth-order valence-corrected chi connectivity index (χ4v) is 5.05. The molecule has 0 radical (unpaired) electrons. The lowest BCUT2D eigenvalue weighted by Crippen LogP contribution is -2.40. The molecule has 0 saturated carbocycles. The van der Waals surface area contributed by atoms with E-state index in [2.05, 4.69) is 36.9 Å². The maximum absolute atomic E-state index is 13.3. The molecule has 30 heavy (non-hydrogen) atoms. The minimum absolute atomic E-state index is 0.0420. The molecular weight excluding hydrogens is 399 g/mol. The van der Waals surface area contributed by atoms with Gasteiger partial charge in [-0.2, -0.15) is 0 Å². The van der Waals surface area contributed by atoms with E-state index in [1.165, 1.54) is 28.8 Å². The number of halogens is 1. The van der Waals surface area contributed by atoms with Crippen molar-refractivity contribution in [3.05, 3.63) is 70.5 Å². The summed E-state index contributed by atoms with van der Waals surface area (Å²) in [4.78, 5) is 17.4. The van der Waals surface area contributed by atoms with Gasteiger partial charge in [0.25, 0.3) is 0 Å². The lowest BCUT2D eigenvalue weighted by Gasteiger charge is -2.29. The lowest BCUT2D eigenvalue weighted by molar-refractivity contribution is -0.132. The topological polar surface area (TPSA) is 32.8 Å². The van der Waals surface area contributed by atoms with Crippen molar-refractivity contribution < 1.29 is 13.9 Å². The second kappa shape index (κ2) is 10.9. The summed E-state index contributed by atoms with van der Waals surface area (Å²) in [6, 6.07) is 13.0. The molecule has 6 heteroatoms. The van der Waals surface area contributed by atoms with Gasteiger partial charge in [0, 0.05) is 39.1 Å². The van der Waals surface area contributed by atoms with Crippen LogP contribution in [0.1, 0.15) is 34.0 Å². The van der Waals surface area contributed by atoms with Crippen molar-refractivity contribution >= 4 is 17.7 Å². The highest BCUT2D eigenvalue weighted by atomic mass is 32.2. The Kier molecular flexibility index (Phi) is 8.31. The number of ether oxygens (including phenoxy) is 1. The quantitative estimate of drug-likeness (QED) is 0.546. The van der Waals surface area contributed by atoms with Crippen LogP contribution in [0.15, 0.2) is 42.5 Å². The second-order valence-electron chi connectivity index (χ2n) is 7.85. The molecule has 1 saturated heterocycles. The summed E-state index contributed by atoms with van der Waals surface area (Å²) in [6.07, 6.45) is 0.880. The normalized spacial score (nSPS) is 16.4. The van der Waals surface area contributed by atoms with Crippen molar-refractivity contribution in [1.82, 2.24) is 9.80 Å². The predicted octanol–water partition coefficient (Wildman–Crippen LogP) is 4.56. The third kappa shape index (κ3) is 6.06. The number of methoxy groups -OCH3 is 1. The molecule has 2 aromatic rings. The summed E-state index contributed by atoms with van der Waals surface area (Å²) in [6.45, 7) is 7.52. The van der Waals surface area contributed by atoms with E-state index in [4.69, 9.17) is 4.74 Å². The summed E-state index contributed by atoms with van der Waals surface area (Å²) in [5, 5.41) is -0.0420. The predicted molar refractivity (Wildman–Crippen MR) is 121 cm³/mol. The zero-order valence-corrected chi connectivity index (χ0v) is 18.9. The van der Waals surface area contributed by atoms with E-state index in [9.17, 15) is 9.18 Å². The molecule has 162 valence electrons. The molecule has 0 spiro atoms. The highest BCUT2D eigenvalue weighted by Crippen LogP contribution is 2.38. The standard InChI is InChI=1S/C24H31FN2O2S/c1-18-5-6-19(2)21(15-18)16-26(11-4-13-29-3)17-23(28)27-12-14-30-24(27)20-7-9-22(25)10-8-20/h5-10,15,24H,4,11-14,16-17H2,1-3H3. The van der Waals surface area contributed by atoms with E-state index in [-0.39, 0.29) is 17.1 Å². The summed E-state index contributed by atoms with van der Waals surface area (Å²) < 4.78 is 18.5. The third-order valence-electron chi connectivity index (χ3n) is 5.45. The molecule has 1 amide bonds. The van der Waals surface area contributed by atoms with Crippen molar-refractivity contribution in [2.24, 2.45) is 0 Å². The Labute approximate surface area is 183 Å². The number of aryl methyl sites for hydroxylation is 2. The minimum Gasteiger partial charge on any atom is -0.385 e. The first-order valence-electron chi connectivity index (χ1n) is 10.4. The van der Waals surface area contributed by atoms with Crippen LogP contribution in [0.2, 0.25) is 0 Å². The highest BCUT2D eigenvalue weighted by Gasteiger charge is 2.31. The van der Waals surface area contributed by atoms with Gasteiger partial charge >= 0.3 is 0 Å². The second-order valence-corrected chi connectivity index (χ2v) is 9.04. The molecule has 1 fully saturated rings. The van der Waals surface area contributed by atoms with Gasteiger partial charge in [-0.15, -0.1) is 11.8 Å². The maximum Gasteiger partial charge on any atom is 0.237 e. The van der Waals surface area contributed by atoms with Gasteiger partial charge in [-0.3, -0.25) is 9.69 Å². The fourth-order valence-electron chi connectivity index (χ4n) is 3.77. The average molecular weight is 431 g/mol. The smallest absolute Gasteiger partial charge is 0.237 e. The van der Waals surface area contributed by atoms with Gasteiger partial charge < -0.3 is 9.64 Å². The zero-order valence-electron chi connectivity index (χ0n) is 18.1. The van der Waals surface area contributed by atoms with Crippen LogP contribution in [0.4, 0.5) is 4.39 Å². The fraction of sp³-hybridized carbons (Fsp3) is 0.458. The number of hydrogen-bond acceptors (Lipinski definition) is 4. The molecule has 0 N–H and O–H groups in total. The first kappa shape index (κ1) is 22.8. The number of rotatable bonds is 9. The van der Waals surface area contributed by atoms with Crippen LogP contribution in [-0.4, -0.2) is 54.8 Å². The summed E-state index contributed by atoms with van der Waals surface area (Å²) in [5.74, 6) is 0.767. The van der Waals surface area contributed by atoms with Gasteiger partial charge in [0.2, 0.25) is 5.91 Å². The molecule has 1 aliphatic rings. The van der Waals surface area contributed by atoms with Gasteiger partial charge in [0.1, 0.15) is 11.2 Å². The molecular formula is C24H31FN2O2S. The lowest BCUT2D eigenvalue weighted by atomic mass is 10.1. The molecule has 3 rings (SSSR count). The van der Waals surface area contributed by atoms with Crippen LogP contribution in [0.25, 0.3) is 0 Å². The third-order valence-corrected chi connectivity index (χ3v) is 6.71. The SMILES string of the molecule is COCCCN(CC(=O)N1CCSC1c1ccc(F)cc1)Cc1cc(C)ccc1C. The molecule has 2 aromatic carbocycles. The van der Waals surface area contributed by atoms with E-state index in [0.717, 1.165) is 37.4 Å². The number of carbonyl (C=O) groups excluding carboxylic acids is 1. The minimum atomic E-state index is -0.252. The molecule has 0 aromatic heterocycles. The van der Waals surface area contributed by atoms with Crippen LogP contribution in [-0.2, 0) is 16.1 Å². The molecule has 0 bridgehead atoms. The van der Waals surface area contributed by atoms with Crippen molar-refractivity contribution in [2.75, 3.05) is 39.1 Å². The van der Waals surface area contributed by atoms with E-state index in [0.29, 0.717) is 13.2 Å². The van der Waals surface area contributed by atoms with Gasteiger partial charge in [-0.25, -0.2) is 4.39 Å². The Morgan fingerprint density at radius 3 is 2.73 bits per heavy atom. The number of thioether (sulfide) groups is 1.